The maximum atomic E-state index is 5.22. The van der Waals surface area contributed by atoms with Gasteiger partial charge in [-0.15, -0.1) is 0 Å². The van der Waals surface area contributed by atoms with Gasteiger partial charge in [0.25, 0.3) is 0 Å². The van der Waals surface area contributed by atoms with E-state index in [0.29, 0.717) is 0 Å². The van der Waals surface area contributed by atoms with E-state index in [0.717, 1.165) is 30.0 Å². The molecule has 2 heterocycles. The molecule has 3 nitrogen and oxygen atoms in total. The van der Waals surface area contributed by atoms with Crippen LogP contribution in [0.2, 0.25) is 0 Å². The van der Waals surface area contributed by atoms with Crippen LogP contribution in [0.5, 0.6) is 0 Å². The minimum atomic E-state index is 0.914. The molecule has 3 heteroatoms. The molecule has 0 amide bonds. The zero-order valence-electron chi connectivity index (χ0n) is 7.58. The van der Waals surface area contributed by atoms with Crippen molar-refractivity contribution in [3.05, 3.63) is 41.6 Å². The molecule has 0 atom stereocenters. The summed E-state index contributed by atoms with van der Waals surface area (Å²) in [7, 11) is 0. The number of nitrogens with one attached hydrogen (secondary N) is 1. The summed E-state index contributed by atoms with van der Waals surface area (Å²) in [4.78, 5) is 0. The highest BCUT2D eigenvalue weighted by Crippen LogP contribution is 2.06. The predicted octanol–water partition coefficient (Wildman–Crippen LogP) is 2.10. The molecule has 2 rings (SSSR count). The molecular weight excluding hydrogens is 164 g/mol. The smallest absolute Gasteiger partial charge is 0.104 e. The average molecular weight is 176 g/mol. The maximum absolute atomic E-state index is 5.22. The van der Waals surface area contributed by atoms with E-state index in [-0.39, 0.29) is 0 Å². The molecule has 0 unspecified atom stereocenters. The van der Waals surface area contributed by atoms with Crippen LogP contribution < -0.4 is 0 Å². The molecule has 0 saturated carbocycles. The molecule has 0 bridgehead atoms. The Morgan fingerprint density at radius 1 is 1.46 bits per heavy atom. The molecule has 68 valence electrons. The summed E-state index contributed by atoms with van der Waals surface area (Å²) in [6.45, 7) is 2.00. The number of aromatic amines is 1. The van der Waals surface area contributed by atoms with E-state index in [1.54, 1.807) is 6.26 Å². The monoisotopic (exact) mass is 176 g/mol. The van der Waals surface area contributed by atoms with Crippen LogP contribution in [0.3, 0.4) is 0 Å². The zero-order chi connectivity index (χ0) is 9.10. The van der Waals surface area contributed by atoms with Crippen molar-refractivity contribution in [1.29, 1.82) is 0 Å². The molecule has 0 aromatic carbocycles. The van der Waals surface area contributed by atoms with E-state index in [1.807, 2.05) is 19.1 Å². The van der Waals surface area contributed by atoms with Gasteiger partial charge in [-0.25, -0.2) is 0 Å². The Morgan fingerprint density at radius 3 is 3.00 bits per heavy atom. The molecule has 0 radical (unpaired) electrons. The SMILES string of the molecule is Cc1cc(CCc2ccco2)n[nH]1. The van der Waals surface area contributed by atoms with Gasteiger partial charge in [-0.3, -0.25) is 5.10 Å². The van der Waals surface area contributed by atoms with Crippen LogP contribution in [0.25, 0.3) is 0 Å². The number of furan rings is 1. The molecule has 0 fully saturated rings. The van der Waals surface area contributed by atoms with Crippen molar-refractivity contribution in [3.63, 3.8) is 0 Å². The van der Waals surface area contributed by atoms with Gasteiger partial charge in [0.15, 0.2) is 0 Å². The summed E-state index contributed by atoms with van der Waals surface area (Å²) in [5, 5.41) is 7.07. The van der Waals surface area contributed by atoms with Gasteiger partial charge in [-0.1, -0.05) is 0 Å². The van der Waals surface area contributed by atoms with Gasteiger partial charge in [0.1, 0.15) is 5.76 Å². The molecule has 2 aromatic rings. The van der Waals surface area contributed by atoms with Crippen LogP contribution >= 0.6 is 0 Å². The van der Waals surface area contributed by atoms with Crippen molar-refractivity contribution in [1.82, 2.24) is 10.2 Å². The summed E-state index contributed by atoms with van der Waals surface area (Å²) in [5.41, 5.74) is 2.20. The van der Waals surface area contributed by atoms with E-state index in [1.165, 1.54) is 0 Å². The minimum Gasteiger partial charge on any atom is -0.469 e. The lowest BCUT2D eigenvalue weighted by Crippen LogP contribution is -1.89. The van der Waals surface area contributed by atoms with Gasteiger partial charge in [-0.05, 0) is 31.5 Å². The second-order valence-electron chi connectivity index (χ2n) is 3.12. The molecule has 0 saturated heterocycles. The van der Waals surface area contributed by atoms with Crippen molar-refractivity contribution in [2.45, 2.75) is 19.8 Å². The van der Waals surface area contributed by atoms with Crippen LogP contribution in [0, 0.1) is 6.92 Å². The van der Waals surface area contributed by atoms with Crippen molar-refractivity contribution in [2.24, 2.45) is 0 Å². The highest BCUT2D eigenvalue weighted by atomic mass is 16.3. The Morgan fingerprint density at radius 2 is 2.38 bits per heavy atom. The first-order chi connectivity index (χ1) is 6.34. The van der Waals surface area contributed by atoms with Gasteiger partial charge in [-0.2, -0.15) is 5.10 Å². The topological polar surface area (TPSA) is 41.8 Å². The Bertz CT molecular complexity index is 362. The normalized spacial score (nSPS) is 10.5. The maximum Gasteiger partial charge on any atom is 0.104 e. The Hall–Kier alpha value is -1.51. The summed E-state index contributed by atoms with van der Waals surface area (Å²) in [5.74, 6) is 1.01. The fraction of sp³-hybridized carbons (Fsp3) is 0.300. The van der Waals surface area contributed by atoms with Crippen LogP contribution in [-0.4, -0.2) is 10.2 Å². The van der Waals surface area contributed by atoms with Crippen molar-refractivity contribution in [2.75, 3.05) is 0 Å². The van der Waals surface area contributed by atoms with E-state index in [9.17, 15) is 0 Å². The summed E-state index contributed by atoms with van der Waals surface area (Å²) < 4.78 is 5.22. The van der Waals surface area contributed by atoms with E-state index < -0.39 is 0 Å². The van der Waals surface area contributed by atoms with E-state index in [4.69, 9.17) is 4.42 Å². The highest BCUT2D eigenvalue weighted by molar-refractivity contribution is 5.09. The Balaban J connectivity index is 1.93. The van der Waals surface area contributed by atoms with Crippen LogP contribution in [-0.2, 0) is 12.8 Å². The first-order valence-corrected chi connectivity index (χ1v) is 4.38. The molecular formula is C10H12N2O. The second kappa shape index (κ2) is 3.47. The van der Waals surface area contributed by atoms with Gasteiger partial charge in [0, 0.05) is 12.1 Å². The number of aromatic nitrogens is 2. The second-order valence-corrected chi connectivity index (χ2v) is 3.12. The quantitative estimate of drug-likeness (QED) is 0.778. The van der Waals surface area contributed by atoms with E-state index in [2.05, 4.69) is 16.3 Å². The fourth-order valence-electron chi connectivity index (χ4n) is 1.31. The average Bonchev–Trinajstić information content (AvgIpc) is 2.71. The molecule has 0 aliphatic carbocycles. The van der Waals surface area contributed by atoms with E-state index >= 15 is 0 Å². The molecule has 0 aliphatic heterocycles. The lowest BCUT2D eigenvalue weighted by Gasteiger charge is -1.92. The number of hydrogen-bond donors (Lipinski definition) is 1. The number of H-pyrrole nitrogens is 1. The Labute approximate surface area is 76.8 Å². The molecule has 0 aliphatic rings. The van der Waals surface area contributed by atoms with Gasteiger partial charge < -0.3 is 4.42 Å². The summed E-state index contributed by atoms with van der Waals surface area (Å²) in [6, 6.07) is 5.95. The first kappa shape index (κ1) is 8.10. The third-order valence-corrected chi connectivity index (χ3v) is 1.97. The molecule has 2 aromatic heterocycles. The highest BCUT2D eigenvalue weighted by Gasteiger charge is 2.00. The van der Waals surface area contributed by atoms with Gasteiger partial charge in [0.05, 0.1) is 12.0 Å². The van der Waals surface area contributed by atoms with Gasteiger partial charge in [0.2, 0.25) is 0 Å². The third-order valence-electron chi connectivity index (χ3n) is 1.97. The van der Waals surface area contributed by atoms with Crippen molar-refractivity contribution < 1.29 is 4.42 Å². The standard InChI is InChI=1S/C10H12N2O/c1-8-7-9(12-11-8)4-5-10-3-2-6-13-10/h2-3,6-7H,4-5H2,1H3,(H,11,12). The Kier molecular flexibility index (Phi) is 2.17. The minimum absolute atomic E-state index is 0.914. The number of aryl methyl sites for hydroxylation is 3. The lowest BCUT2D eigenvalue weighted by atomic mass is 10.2. The van der Waals surface area contributed by atoms with Crippen LogP contribution in [0.15, 0.2) is 28.9 Å². The number of nitrogens with zero attached hydrogens (tertiary/aromatic N) is 1. The summed E-state index contributed by atoms with van der Waals surface area (Å²) >= 11 is 0. The molecule has 1 N–H and O–H groups in total. The van der Waals surface area contributed by atoms with Crippen molar-refractivity contribution in [3.8, 4) is 0 Å². The van der Waals surface area contributed by atoms with Gasteiger partial charge >= 0.3 is 0 Å². The lowest BCUT2D eigenvalue weighted by molar-refractivity contribution is 0.507. The third kappa shape index (κ3) is 1.99. The summed E-state index contributed by atoms with van der Waals surface area (Å²) in [6.07, 6.45) is 3.54. The number of rotatable bonds is 3. The predicted molar refractivity (Wildman–Crippen MR) is 49.4 cm³/mol. The number of hydrogen-bond acceptors (Lipinski definition) is 2. The first-order valence-electron chi connectivity index (χ1n) is 4.38. The van der Waals surface area contributed by atoms with Crippen molar-refractivity contribution >= 4 is 0 Å². The largest absolute Gasteiger partial charge is 0.469 e. The zero-order valence-corrected chi connectivity index (χ0v) is 7.58. The van der Waals surface area contributed by atoms with Crippen LogP contribution in [0.1, 0.15) is 17.1 Å². The fourth-order valence-corrected chi connectivity index (χ4v) is 1.31. The van der Waals surface area contributed by atoms with Crippen LogP contribution in [0.4, 0.5) is 0 Å². The molecule has 13 heavy (non-hydrogen) atoms. The molecule has 0 spiro atoms.